The summed E-state index contributed by atoms with van der Waals surface area (Å²) in [4.78, 5) is 0. The summed E-state index contributed by atoms with van der Waals surface area (Å²) in [6.45, 7) is 7.38. The number of ether oxygens (including phenoxy) is 1. The van der Waals surface area contributed by atoms with E-state index < -0.39 is 0 Å². The van der Waals surface area contributed by atoms with E-state index in [0.717, 1.165) is 12.4 Å². The molecule has 1 rings (SSSR count). The van der Waals surface area contributed by atoms with E-state index in [-0.39, 0.29) is 0 Å². The minimum atomic E-state index is 0.847. The maximum atomic E-state index is 5.84. The van der Waals surface area contributed by atoms with Crippen LogP contribution in [0.5, 0.6) is 5.75 Å². The third kappa shape index (κ3) is 12.7. The van der Waals surface area contributed by atoms with Crippen molar-refractivity contribution in [2.45, 2.75) is 97.8 Å². The summed E-state index contributed by atoms with van der Waals surface area (Å²) in [5.74, 6) is 0.994. The Morgan fingerprint density at radius 2 is 1.20 bits per heavy atom. The van der Waals surface area contributed by atoms with E-state index in [9.17, 15) is 0 Å². The number of unbranched alkanes of at least 4 members (excludes halogenated alkanes) is 11. The third-order valence-electron chi connectivity index (χ3n) is 4.60. The van der Waals surface area contributed by atoms with Crippen molar-refractivity contribution in [2.75, 3.05) is 6.61 Å². The molecule has 1 nitrogen and oxygen atoms in total. The lowest BCUT2D eigenvalue weighted by Gasteiger charge is -2.07. The fraction of sp³-hybridized carbons (Fsp3) is 0.667. The first kappa shape index (κ1) is 21.8. The Morgan fingerprint density at radius 3 is 1.68 bits per heavy atom. The van der Waals surface area contributed by atoms with E-state index >= 15 is 0 Å². The molecule has 142 valence electrons. The molecule has 0 bridgehead atoms. The van der Waals surface area contributed by atoms with Gasteiger partial charge in [0, 0.05) is 0 Å². The lowest BCUT2D eigenvalue weighted by Crippen LogP contribution is -1.97. The Bertz CT molecular complexity index is 440. The molecular weight excluding hydrogens is 304 g/mol. The molecule has 1 aromatic carbocycles. The minimum absolute atomic E-state index is 0.847. The average Bonchev–Trinajstić information content (AvgIpc) is 2.60. The van der Waals surface area contributed by atoms with E-state index in [1.165, 1.54) is 88.2 Å². The van der Waals surface area contributed by atoms with Crippen LogP contribution in [0, 0.1) is 0 Å². The average molecular weight is 345 g/mol. The summed E-state index contributed by atoms with van der Waals surface area (Å²) >= 11 is 0. The van der Waals surface area contributed by atoms with Crippen LogP contribution >= 0.6 is 0 Å². The summed E-state index contributed by atoms with van der Waals surface area (Å²) in [6.07, 6.45) is 18.8. The predicted molar refractivity (Wildman–Crippen MR) is 112 cm³/mol. The monoisotopic (exact) mass is 344 g/mol. The van der Waals surface area contributed by atoms with Crippen LogP contribution in [0.1, 0.15) is 103 Å². The Labute approximate surface area is 156 Å². The quantitative estimate of drug-likeness (QED) is 0.291. The van der Waals surface area contributed by atoms with Crippen LogP contribution in [0.15, 0.2) is 29.8 Å². The Hall–Kier alpha value is -1.24. The second kappa shape index (κ2) is 15.0. The highest BCUT2D eigenvalue weighted by Gasteiger charge is 1.96. The van der Waals surface area contributed by atoms with Gasteiger partial charge in [0.15, 0.2) is 0 Å². The summed E-state index contributed by atoms with van der Waals surface area (Å²) < 4.78 is 5.84. The van der Waals surface area contributed by atoms with Crippen molar-refractivity contribution in [3.05, 3.63) is 35.4 Å². The zero-order valence-electron chi connectivity index (χ0n) is 17.0. The SMILES string of the molecule is CCCCCCCCCCCCCCOc1ccc(C=C(C)C)cc1. The van der Waals surface area contributed by atoms with Gasteiger partial charge in [-0.1, -0.05) is 101 Å². The molecule has 0 fully saturated rings. The lowest BCUT2D eigenvalue weighted by atomic mass is 10.1. The van der Waals surface area contributed by atoms with Crippen LogP contribution in [0.3, 0.4) is 0 Å². The lowest BCUT2D eigenvalue weighted by molar-refractivity contribution is 0.304. The zero-order chi connectivity index (χ0) is 18.2. The van der Waals surface area contributed by atoms with Crippen molar-refractivity contribution < 1.29 is 4.74 Å². The van der Waals surface area contributed by atoms with Crippen molar-refractivity contribution in [1.82, 2.24) is 0 Å². The van der Waals surface area contributed by atoms with Gasteiger partial charge in [-0.15, -0.1) is 0 Å². The molecular formula is C24H40O. The predicted octanol–water partition coefficient (Wildman–Crippen LogP) is 8.19. The van der Waals surface area contributed by atoms with Crippen molar-refractivity contribution in [2.24, 2.45) is 0 Å². The van der Waals surface area contributed by atoms with Gasteiger partial charge in [0.05, 0.1) is 6.61 Å². The van der Waals surface area contributed by atoms with Gasteiger partial charge in [-0.25, -0.2) is 0 Å². The van der Waals surface area contributed by atoms with Crippen LogP contribution in [0.25, 0.3) is 6.08 Å². The maximum Gasteiger partial charge on any atom is 0.119 e. The molecule has 1 aromatic rings. The number of allylic oxidation sites excluding steroid dienone is 1. The second-order valence-electron chi connectivity index (χ2n) is 7.53. The van der Waals surface area contributed by atoms with Crippen molar-refractivity contribution >= 4 is 6.08 Å². The Balaban J connectivity index is 1.91. The molecule has 0 atom stereocenters. The molecule has 0 amide bonds. The Kier molecular flexibility index (Phi) is 13.1. The smallest absolute Gasteiger partial charge is 0.119 e. The fourth-order valence-corrected chi connectivity index (χ4v) is 3.13. The van der Waals surface area contributed by atoms with Gasteiger partial charge in [0.2, 0.25) is 0 Å². The molecule has 0 aromatic heterocycles. The summed E-state index contributed by atoms with van der Waals surface area (Å²) in [5.41, 5.74) is 2.57. The van der Waals surface area contributed by atoms with Crippen LogP contribution in [-0.2, 0) is 0 Å². The van der Waals surface area contributed by atoms with Crippen LogP contribution in [0.4, 0.5) is 0 Å². The van der Waals surface area contributed by atoms with Gasteiger partial charge in [0.25, 0.3) is 0 Å². The molecule has 0 spiro atoms. The van der Waals surface area contributed by atoms with Crippen molar-refractivity contribution in [3.8, 4) is 5.75 Å². The first-order valence-corrected chi connectivity index (χ1v) is 10.6. The Morgan fingerprint density at radius 1 is 0.720 bits per heavy atom. The number of hydrogen-bond acceptors (Lipinski definition) is 1. The first-order valence-electron chi connectivity index (χ1n) is 10.6. The first-order chi connectivity index (χ1) is 12.2. The number of rotatable bonds is 15. The van der Waals surface area contributed by atoms with Crippen molar-refractivity contribution in [3.63, 3.8) is 0 Å². The maximum absolute atomic E-state index is 5.84. The van der Waals surface area contributed by atoms with Gasteiger partial charge in [-0.2, -0.15) is 0 Å². The van der Waals surface area contributed by atoms with Crippen molar-refractivity contribution in [1.29, 1.82) is 0 Å². The number of benzene rings is 1. The summed E-state index contributed by atoms with van der Waals surface area (Å²) in [6, 6.07) is 8.42. The van der Waals surface area contributed by atoms with Crippen LogP contribution < -0.4 is 4.74 Å². The molecule has 0 N–H and O–H groups in total. The number of hydrogen-bond donors (Lipinski definition) is 0. The molecule has 0 unspecified atom stereocenters. The summed E-state index contributed by atoms with van der Waals surface area (Å²) in [5, 5.41) is 0. The van der Waals surface area contributed by atoms with Gasteiger partial charge in [0.1, 0.15) is 5.75 Å². The molecule has 0 radical (unpaired) electrons. The molecule has 0 aliphatic heterocycles. The van der Waals surface area contributed by atoms with E-state index in [1.54, 1.807) is 0 Å². The van der Waals surface area contributed by atoms with E-state index in [4.69, 9.17) is 4.74 Å². The van der Waals surface area contributed by atoms with E-state index in [0.29, 0.717) is 0 Å². The second-order valence-corrected chi connectivity index (χ2v) is 7.53. The van der Waals surface area contributed by atoms with E-state index in [1.807, 2.05) is 0 Å². The zero-order valence-corrected chi connectivity index (χ0v) is 17.0. The molecule has 0 aliphatic rings. The normalized spacial score (nSPS) is 10.7. The highest BCUT2D eigenvalue weighted by atomic mass is 16.5. The van der Waals surface area contributed by atoms with E-state index in [2.05, 4.69) is 51.1 Å². The molecule has 0 aliphatic carbocycles. The van der Waals surface area contributed by atoms with Gasteiger partial charge < -0.3 is 4.74 Å². The highest BCUT2D eigenvalue weighted by molar-refractivity contribution is 5.52. The standard InChI is InChI=1S/C24H40O/c1-4-5-6-7-8-9-10-11-12-13-14-15-20-25-24-18-16-23(17-19-24)21-22(2)3/h16-19,21H,4-15,20H2,1-3H3. The molecule has 1 heteroatoms. The highest BCUT2D eigenvalue weighted by Crippen LogP contribution is 2.16. The largest absolute Gasteiger partial charge is 0.494 e. The van der Waals surface area contributed by atoms with Gasteiger partial charge >= 0.3 is 0 Å². The van der Waals surface area contributed by atoms with Crippen LogP contribution in [0.2, 0.25) is 0 Å². The topological polar surface area (TPSA) is 9.23 Å². The fourth-order valence-electron chi connectivity index (χ4n) is 3.13. The van der Waals surface area contributed by atoms with Crippen LogP contribution in [-0.4, -0.2) is 6.61 Å². The summed E-state index contributed by atoms with van der Waals surface area (Å²) in [7, 11) is 0. The molecule has 0 saturated carbocycles. The third-order valence-corrected chi connectivity index (χ3v) is 4.60. The molecule has 25 heavy (non-hydrogen) atoms. The van der Waals surface area contributed by atoms with Gasteiger partial charge in [-0.3, -0.25) is 0 Å². The van der Waals surface area contributed by atoms with Gasteiger partial charge in [-0.05, 0) is 38.0 Å². The minimum Gasteiger partial charge on any atom is -0.494 e. The molecule has 0 heterocycles. The molecule has 0 saturated heterocycles.